The van der Waals surface area contributed by atoms with E-state index in [1.54, 1.807) is 12.3 Å². The van der Waals surface area contributed by atoms with Crippen molar-refractivity contribution in [1.82, 2.24) is 4.98 Å². The number of nitrogens with zero attached hydrogens (tertiary/aromatic N) is 2. The Kier molecular flexibility index (Phi) is 5.29. The smallest absolute Gasteiger partial charge is 0.282 e. The van der Waals surface area contributed by atoms with Crippen molar-refractivity contribution in [2.45, 2.75) is 13.3 Å². The second-order valence-corrected chi connectivity index (χ2v) is 7.08. The minimum Gasteiger partial charge on any atom is -0.298 e. The Hall–Kier alpha value is -2.77. The Balaban J connectivity index is 1.76. The van der Waals surface area contributed by atoms with E-state index >= 15 is 0 Å². The standard InChI is InChI=1S/C18H14ClN3O3S/c1-11-5-4-6-12(16(11)19)9-13-10-20-18(26-13)21-17(23)14-7-2-3-8-15(14)22(24)25/h2-8,10H,9H2,1H3,(H,20,21,23). The van der Waals surface area contributed by atoms with Crippen molar-refractivity contribution in [1.29, 1.82) is 0 Å². The van der Waals surface area contributed by atoms with E-state index in [2.05, 4.69) is 10.3 Å². The number of hydrogen-bond donors (Lipinski definition) is 1. The molecule has 0 saturated carbocycles. The van der Waals surface area contributed by atoms with Crippen molar-refractivity contribution < 1.29 is 9.72 Å². The Morgan fingerprint density at radius 1 is 1.27 bits per heavy atom. The van der Waals surface area contributed by atoms with E-state index in [0.717, 1.165) is 16.0 Å². The first kappa shape index (κ1) is 18.0. The first-order valence-electron chi connectivity index (χ1n) is 7.69. The summed E-state index contributed by atoms with van der Waals surface area (Å²) < 4.78 is 0. The minimum absolute atomic E-state index is 0.00372. The zero-order valence-electron chi connectivity index (χ0n) is 13.7. The van der Waals surface area contributed by atoms with E-state index in [-0.39, 0.29) is 11.3 Å². The predicted molar refractivity (Wildman–Crippen MR) is 102 cm³/mol. The molecule has 0 fully saturated rings. The fourth-order valence-corrected chi connectivity index (χ4v) is 3.49. The van der Waals surface area contributed by atoms with E-state index < -0.39 is 10.8 Å². The van der Waals surface area contributed by atoms with Gasteiger partial charge in [-0.2, -0.15) is 0 Å². The summed E-state index contributed by atoms with van der Waals surface area (Å²) in [5.74, 6) is -0.563. The highest BCUT2D eigenvalue weighted by Crippen LogP contribution is 2.27. The molecule has 0 spiro atoms. The topological polar surface area (TPSA) is 85.1 Å². The lowest BCUT2D eigenvalue weighted by Gasteiger charge is -2.04. The molecule has 1 aromatic heterocycles. The lowest BCUT2D eigenvalue weighted by atomic mass is 10.1. The molecule has 0 bridgehead atoms. The summed E-state index contributed by atoms with van der Waals surface area (Å²) in [4.78, 5) is 27.9. The maximum Gasteiger partial charge on any atom is 0.282 e. The molecule has 3 aromatic rings. The fraction of sp³-hybridized carbons (Fsp3) is 0.111. The maximum atomic E-state index is 12.3. The number of hydrogen-bond acceptors (Lipinski definition) is 5. The Bertz CT molecular complexity index is 987. The summed E-state index contributed by atoms with van der Waals surface area (Å²) in [6.07, 6.45) is 2.26. The van der Waals surface area contributed by atoms with Crippen LogP contribution in [-0.2, 0) is 6.42 Å². The van der Waals surface area contributed by atoms with E-state index in [9.17, 15) is 14.9 Å². The Morgan fingerprint density at radius 2 is 2.04 bits per heavy atom. The molecular weight excluding hydrogens is 374 g/mol. The van der Waals surface area contributed by atoms with Crippen molar-refractivity contribution in [2.24, 2.45) is 0 Å². The second kappa shape index (κ2) is 7.63. The number of nitro benzene ring substituents is 1. The zero-order chi connectivity index (χ0) is 18.7. The number of thiazole rings is 1. The van der Waals surface area contributed by atoms with Crippen LogP contribution in [0.1, 0.15) is 26.4 Å². The second-order valence-electron chi connectivity index (χ2n) is 5.58. The fourth-order valence-electron chi connectivity index (χ4n) is 2.47. The molecular formula is C18H14ClN3O3S. The van der Waals surface area contributed by atoms with Crippen LogP contribution in [0.3, 0.4) is 0 Å². The highest BCUT2D eigenvalue weighted by Gasteiger charge is 2.20. The van der Waals surface area contributed by atoms with Crippen LogP contribution in [0.15, 0.2) is 48.7 Å². The number of aromatic nitrogens is 1. The first-order chi connectivity index (χ1) is 12.5. The highest BCUT2D eigenvalue weighted by atomic mass is 35.5. The van der Waals surface area contributed by atoms with Gasteiger partial charge >= 0.3 is 0 Å². The molecule has 1 N–H and O–H groups in total. The molecule has 3 rings (SSSR count). The molecule has 0 unspecified atom stereocenters. The van der Waals surface area contributed by atoms with Crippen LogP contribution in [0.4, 0.5) is 10.8 Å². The van der Waals surface area contributed by atoms with Gasteiger partial charge in [-0.3, -0.25) is 20.2 Å². The molecule has 0 aliphatic carbocycles. The van der Waals surface area contributed by atoms with Crippen molar-refractivity contribution in [3.8, 4) is 0 Å². The molecule has 0 radical (unpaired) electrons. The predicted octanol–water partition coefficient (Wildman–Crippen LogP) is 4.86. The number of halogens is 1. The molecule has 0 aliphatic heterocycles. The molecule has 1 heterocycles. The van der Waals surface area contributed by atoms with Crippen LogP contribution in [-0.4, -0.2) is 15.8 Å². The average molecular weight is 388 g/mol. The number of nitrogens with one attached hydrogen (secondary N) is 1. The van der Waals surface area contributed by atoms with Gasteiger partial charge in [-0.15, -0.1) is 11.3 Å². The molecule has 132 valence electrons. The van der Waals surface area contributed by atoms with Gasteiger partial charge in [-0.05, 0) is 24.1 Å². The number of rotatable bonds is 5. The number of benzene rings is 2. The normalized spacial score (nSPS) is 10.5. The van der Waals surface area contributed by atoms with E-state index in [4.69, 9.17) is 11.6 Å². The third-order valence-electron chi connectivity index (χ3n) is 3.76. The van der Waals surface area contributed by atoms with Gasteiger partial charge in [0.05, 0.1) is 4.92 Å². The van der Waals surface area contributed by atoms with Gasteiger partial charge in [-0.1, -0.05) is 41.9 Å². The van der Waals surface area contributed by atoms with Gasteiger partial charge < -0.3 is 0 Å². The largest absolute Gasteiger partial charge is 0.298 e. The van der Waals surface area contributed by atoms with Crippen LogP contribution < -0.4 is 5.32 Å². The molecule has 0 aliphatic rings. The maximum absolute atomic E-state index is 12.3. The molecule has 2 aromatic carbocycles. The number of aryl methyl sites for hydroxylation is 1. The van der Waals surface area contributed by atoms with Crippen LogP contribution in [0.25, 0.3) is 0 Å². The summed E-state index contributed by atoms with van der Waals surface area (Å²) in [5.41, 5.74) is 1.73. The monoisotopic (exact) mass is 387 g/mol. The number of carbonyl (C=O) groups is 1. The van der Waals surface area contributed by atoms with Gasteiger partial charge in [-0.25, -0.2) is 4.98 Å². The van der Waals surface area contributed by atoms with Crippen molar-refractivity contribution >= 4 is 39.7 Å². The van der Waals surface area contributed by atoms with Crippen molar-refractivity contribution in [3.05, 3.63) is 85.4 Å². The van der Waals surface area contributed by atoms with Crippen LogP contribution >= 0.6 is 22.9 Å². The van der Waals surface area contributed by atoms with Gasteiger partial charge in [0, 0.05) is 28.6 Å². The van der Waals surface area contributed by atoms with Crippen molar-refractivity contribution in [2.75, 3.05) is 5.32 Å². The lowest BCUT2D eigenvalue weighted by molar-refractivity contribution is -0.385. The summed E-state index contributed by atoms with van der Waals surface area (Å²) >= 11 is 7.62. The molecule has 0 saturated heterocycles. The minimum atomic E-state index is -0.581. The average Bonchev–Trinajstić information content (AvgIpc) is 3.06. The number of nitro groups is 1. The summed E-state index contributed by atoms with van der Waals surface area (Å²) in [6.45, 7) is 1.94. The number of amides is 1. The lowest BCUT2D eigenvalue weighted by Crippen LogP contribution is -2.13. The Labute approximate surface area is 158 Å². The summed E-state index contributed by atoms with van der Waals surface area (Å²) in [5, 5.41) is 14.8. The quantitative estimate of drug-likeness (QED) is 0.500. The highest BCUT2D eigenvalue weighted by molar-refractivity contribution is 7.15. The number of anilines is 1. The van der Waals surface area contributed by atoms with E-state index in [0.29, 0.717) is 16.6 Å². The third kappa shape index (κ3) is 3.89. The molecule has 26 heavy (non-hydrogen) atoms. The van der Waals surface area contributed by atoms with Gasteiger partial charge in [0.1, 0.15) is 5.56 Å². The van der Waals surface area contributed by atoms with Gasteiger partial charge in [0.25, 0.3) is 11.6 Å². The van der Waals surface area contributed by atoms with Gasteiger partial charge in [0.2, 0.25) is 0 Å². The first-order valence-corrected chi connectivity index (χ1v) is 8.88. The summed E-state index contributed by atoms with van der Waals surface area (Å²) in [6, 6.07) is 11.6. The van der Waals surface area contributed by atoms with Gasteiger partial charge in [0.15, 0.2) is 5.13 Å². The van der Waals surface area contributed by atoms with E-state index in [1.165, 1.54) is 29.5 Å². The zero-order valence-corrected chi connectivity index (χ0v) is 15.3. The number of carbonyl (C=O) groups excluding carboxylic acids is 1. The third-order valence-corrected chi connectivity index (χ3v) is 5.21. The van der Waals surface area contributed by atoms with Crippen molar-refractivity contribution in [3.63, 3.8) is 0 Å². The van der Waals surface area contributed by atoms with Crippen LogP contribution in [0, 0.1) is 17.0 Å². The molecule has 1 amide bonds. The van der Waals surface area contributed by atoms with E-state index in [1.807, 2.05) is 25.1 Å². The molecule has 6 nitrogen and oxygen atoms in total. The molecule has 0 atom stereocenters. The molecule has 8 heteroatoms. The number of para-hydroxylation sites is 1. The van der Waals surface area contributed by atoms with Crippen LogP contribution in [0.2, 0.25) is 5.02 Å². The Morgan fingerprint density at radius 3 is 2.81 bits per heavy atom. The SMILES string of the molecule is Cc1cccc(Cc2cnc(NC(=O)c3ccccc3[N+](=O)[O-])s2)c1Cl. The summed E-state index contributed by atoms with van der Waals surface area (Å²) in [7, 11) is 0. The van der Waals surface area contributed by atoms with Crippen LogP contribution in [0.5, 0.6) is 0 Å².